The molecule has 0 aliphatic carbocycles. The SMILES string of the molecule is CCCNC(=O)C(C)Nc1nccn(C)c1=O. The molecule has 0 saturated carbocycles. The smallest absolute Gasteiger partial charge is 0.293 e. The van der Waals surface area contributed by atoms with Crippen LogP contribution in [0.1, 0.15) is 20.3 Å². The van der Waals surface area contributed by atoms with E-state index in [2.05, 4.69) is 15.6 Å². The number of nitrogens with zero attached hydrogens (tertiary/aromatic N) is 2. The number of anilines is 1. The molecule has 1 aromatic heterocycles. The molecule has 94 valence electrons. The van der Waals surface area contributed by atoms with E-state index in [1.54, 1.807) is 20.2 Å². The Bertz CT molecular complexity index is 441. The zero-order valence-electron chi connectivity index (χ0n) is 10.4. The summed E-state index contributed by atoms with van der Waals surface area (Å²) in [6, 6.07) is -0.482. The van der Waals surface area contributed by atoms with E-state index < -0.39 is 6.04 Å². The molecule has 2 N–H and O–H groups in total. The first-order valence-corrected chi connectivity index (χ1v) is 5.62. The molecule has 0 saturated heterocycles. The van der Waals surface area contributed by atoms with E-state index in [0.29, 0.717) is 6.54 Å². The minimum atomic E-state index is -0.482. The fourth-order valence-electron chi connectivity index (χ4n) is 1.27. The number of nitrogens with one attached hydrogen (secondary N) is 2. The minimum absolute atomic E-state index is 0.139. The van der Waals surface area contributed by atoms with Gasteiger partial charge in [0.05, 0.1) is 0 Å². The third-order valence-corrected chi connectivity index (χ3v) is 2.31. The molecule has 0 radical (unpaired) electrons. The summed E-state index contributed by atoms with van der Waals surface area (Å²) >= 11 is 0. The average molecular weight is 238 g/mol. The van der Waals surface area contributed by atoms with Crippen LogP contribution in [-0.4, -0.2) is 28.0 Å². The lowest BCUT2D eigenvalue weighted by molar-refractivity contribution is -0.121. The molecule has 0 aliphatic rings. The lowest BCUT2D eigenvalue weighted by atomic mass is 10.3. The lowest BCUT2D eigenvalue weighted by Gasteiger charge is -2.13. The van der Waals surface area contributed by atoms with E-state index >= 15 is 0 Å². The highest BCUT2D eigenvalue weighted by Crippen LogP contribution is 1.96. The van der Waals surface area contributed by atoms with Gasteiger partial charge in [-0.25, -0.2) is 4.98 Å². The molecule has 0 fully saturated rings. The van der Waals surface area contributed by atoms with Crippen molar-refractivity contribution >= 4 is 11.7 Å². The van der Waals surface area contributed by atoms with Crippen LogP contribution in [0.25, 0.3) is 0 Å². The predicted octanol–water partition coefficient (Wildman–Crippen LogP) is 0.107. The summed E-state index contributed by atoms with van der Waals surface area (Å²) < 4.78 is 1.41. The Kier molecular flexibility index (Phi) is 4.68. The third-order valence-electron chi connectivity index (χ3n) is 2.31. The van der Waals surface area contributed by atoms with Crippen molar-refractivity contribution in [1.82, 2.24) is 14.9 Å². The van der Waals surface area contributed by atoms with Gasteiger partial charge >= 0.3 is 0 Å². The highest BCUT2D eigenvalue weighted by molar-refractivity contribution is 5.83. The Hall–Kier alpha value is -1.85. The van der Waals surface area contributed by atoms with Gasteiger partial charge in [-0.2, -0.15) is 0 Å². The van der Waals surface area contributed by atoms with Crippen molar-refractivity contribution in [3.63, 3.8) is 0 Å². The van der Waals surface area contributed by atoms with Gasteiger partial charge in [0.15, 0.2) is 5.82 Å². The predicted molar refractivity (Wildman–Crippen MR) is 65.9 cm³/mol. The zero-order valence-corrected chi connectivity index (χ0v) is 10.4. The molecule has 0 bridgehead atoms. The molecule has 0 aromatic carbocycles. The summed E-state index contributed by atoms with van der Waals surface area (Å²) in [7, 11) is 1.64. The number of hydrogen-bond donors (Lipinski definition) is 2. The summed E-state index contributed by atoms with van der Waals surface area (Å²) in [6.07, 6.45) is 3.96. The van der Waals surface area contributed by atoms with Crippen LogP contribution in [0.2, 0.25) is 0 Å². The van der Waals surface area contributed by atoms with E-state index in [4.69, 9.17) is 0 Å². The van der Waals surface area contributed by atoms with Gasteiger partial charge in [-0.3, -0.25) is 9.59 Å². The monoisotopic (exact) mass is 238 g/mol. The molecule has 1 atom stereocenters. The normalized spacial score (nSPS) is 11.9. The molecule has 1 amide bonds. The van der Waals surface area contributed by atoms with Gasteiger partial charge < -0.3 is 15.2 Å². The highest BCUT2D eigenvalue weighted by atomic mass is 16.2. The Morgan fingerprint density at radius 2 is 2.29 bits per heavy atom. The van der Waals surface area contributed by atoms with Crippen molar-refractivity contribution in [2.24, 2.45) is 7.05 Å². The molecule has 6 heteroatoms. The summed E-state index contributed by atoms with van der Waals surface area (Å²) in [5.41, 5.74) is -0.248. The Morgan fingerprint density at radius 1 is 1.59 bits per heavy atom. The van der Waals surface area contributed by atoms with Crippen molar-refractivity contribution in [2.45, 2.75) is 26.3 Å². The molecule has 1 rings (SSSR count). The number of aromatic nitrogens is 2. The summed E-state index contributed by atoms with van der Waals surface area (Å²) in [5, 5.41) is 5.55. The summed E-state index contributed by atoms with van der Waals surface area (Å²) in [6.45, 7) is 4.30. The third kappa shape index (κ3) is 3.58. The number of aryl methyl sites for hydroxylation is 1. The van der Waals surface area contributed by atoms with Gasteiger partial charge in [0, 0.05) is 26.0 Å². The molecule has 1 heterocycles. The number of hydrogen-bond acceptors (Lipinski definition) is 4. The maximum Gasteiger partial charge on any atom is 0.293 e. The van der Waals surface area contributed by atoms with Gasteiger partial charge in [-0.1, -0.05) is 6.92 Å². The molecule has 6 nitrogen and oxygen atoms in total. The van der Waals surface area contributed by atoms with Crippen LogP contribution in [0.5, 0.6) is 0 Å². The van der Waals surface area contributed by atoms with Gasteiger partial charge in [-0.05, 0) is 13.3 Å². The van der Waals surface area contributed by atoms with Crippen LogP contribution in [0.15, 0.2) is 17.2 Å². The van der Waals surface area contributed by atoms with Gasteiger partial charge in [-0.15, -0.1) is 0 Å². The maximum absolute atomic E-state index is 11.6. The topological polar surface area (TPSA) is 76.0 Å². The van der Waals surface area contributed by atoms with Crippen LogP contribution in [0.4, 0.5) is 5.82 Å². The molecular weight excluding hydrogens is 220 g/mol. The van der Waals surface area contributed by atoms with Crippen LogP contribution >= 0.6 is 0 Å². The summed E-state index contributed by atoms with van der Waals surface area (Å²) in [4.78, 5) is 27.2. The molecular formula is C11H18N4O2. The first kappa shape index (κ1) is 13.2. The molecule has 0 spiro atoms. The second-order valence-corrected chi connectivity index (χ2v) is 3.85. The van der Waals surface area contributed by atoms with E-state index in [0.717, 1.165) is 6.42 Å². The number of rotatable bonds is 5. The first-order chi connectivity index (χ1) is 8.06. The van der Waals surface area contributed by atoms with Crippen molar-refractivity contribution in [3.05, 3.63) is 22.7 Å². The molecule has 1 unspecified atom stereocenters. The molecule has 17 heavy (non-hydrogen) atoms. The first-order valence-electron chi connectivity index (χ1n) is 5.62. The van der Waals surface area contributed by atoms with Crippen molar-refractivity contribution < 1.29 is 4.79 Å². The lowest BCUT2D eigenvalue weighted by Crippen LogP contribution is -2.39. The number of carbonyl (C=O) groups is 1. The highest BCUT2D eigenvalue weighted by Gasteiger charge is 2.14. The number of carbonyl (C=O) groups excluding carboxylic acids is 1. The standard InChI is InChI=1S/C11H18N4O2/c1-4-5-13-10(16)8(2)14-9-11(17)15(3)7-6-12-9/h6-8H,4-5H2,1-3H3,(H,12,14)(H,13,16). The maximum atomic E-state index is 11.6. The number of amides is 1. The van der Waals surface area contributed by atoms with Crippen LogP contribution in [0, 0.1) is 0 Å². The van der Waals surface area contributed by atoms with E-state index in [1.165, 1.54) is 10.8 Å². The average Bonchev–Trinajstić information content (AvgIpc) is 2.31. The second-order valence-electron chi connectivity index (χ2n) is 3.85. The van der Waals surface area contributed by atoms with Crippen LogP contribution in [-0.2, 0) is 11.8 Å². The zero-order chi connectivity index (χ0) is 12.8. The molecule has 0 aliphatic heterocycles. The van der Waals surface area contributed by atoms with E-state index in [1.807, 2.05) is 6.92 Å². The fraction of sp³-hybridized carbons (Fsp3) is 0.545. The van der Waals surface area contributed by atoms with E-state index in [-0.39, 0.29) is 17.3 Å². The van der Waals surface area contributed by atoms with Crippen molar-refractivity contribution in [2.75, 3.05) is 11.9 Å². The van der Waals surface area contributed by atoms with Crippen molar-refractivity contribution in [3.8, 4) is 0 Å². The fourth-order valence-corrected chi connectivity index (χ4v) is 1.27. The quantitative estimate of drug-likeness (QED) is 0.763. The molecule has 1 aromatic rings. The Balaban J connectivity index is 2.68. The minimum Gasteiger partial charge on any atom is -0.354 e. The van der Waals surface area contributed by atoms with Crippen LogP contribution < -0.4 is 16.2 Å². The largest absolute Gasteiger partial charge is 0.354 e. The van der Waals surface area contributed by atoms with E-state index in [9.17, 15) is 9.59 Å². The van der Waals surface area contributed by atoms with Gasteiger partial charge in [0.25, 0.3) is 5.56 Å². The van der Waals surface area contributed by atoms with Gasteiger partial charge in [0.1, 0.15) is 6.04 Å². The van der Waals surface area contributed by atoms with Crippen molar-refractivity contribution in [1.29, 1.82) is 0 Å². The Labute approximate surface area is 100 Å². The second kappa shape index (κ2) is 6.03. The van der Waals surface area contributed by atoms with Crippen LogP contribution in [0.3, 0.4) is 0 Å². The Morgan fingerprint density at radius 3 is 2.94 bits per heavy atom. The summed E-state index contributed by atoms with van der Waals surface area (Å²) in [5.74, 6) is 0.0497. The van der Waals surface area contributed by atoms with Gasteiger partial charge in [0.2, 0.25) is 5.91 Å².